The number of rotatable bonds is 19. The smallest absolute Gasteiger partial charge is 0.305 e. The number of carbonyl (C=O) groups excluding carboxylic acids is 1. The van der Waals surface area contributed by atoms with Crippen molar-refractivity contribution in [3.8, 4) is 0 Å². The molecule has 2 heteroatoms. The van der Waals surface area contributed by atoms with Gasteiger partial charge in [-0.15, -0.1) is 0 Å². The molecule has 0 bridgehead atoms. The van der Waals surface area contributed by atoms with Crippen LogP contribution >= 0.6 is 0 Å². The van der Waals surface area contributed by atoms with Crippen molar-refractivity contribution in [1.82, 2.24) is 0 Å². The highest BCUT2D eigenvalue weighted by Gasteiger charge is 2.02. The highest BCUT2D eigenvalue weighted by molar-refractivity contribution is 5.69. The van der Waals surface area contributed by atoms with Crippen LogP contribution in [0.4, 0.5) is 0 Å². The van der Waals surface area contributed by atoms with Crippen LogP contribution in [0.5, 0.6) is 0 Å². The summed E-state index contributed by atoms with van der Waals surface area (Å²) >= 11 is 0. The van der Waals surface area contributed by atoms with Gasteiger partial charge in [0, 0.05) is 6.42 Å². The summed E-state index contributed by atoms with van der Waals surface area (Å²) in [7, 11) is 0. The summed E-state index contributed by atoms with van der Waals surface area (Å²) in [6.07, 6.45) is 21.2. The molecule has 150 valence electrons. The fourth-order valence-electron chi connectivity index (χ4n) is 3.20. The molecule has 0 N–H and O–H groups in total. The van der Waals surface area contributed by atoms with Gasteiger partial charge in [-0.3, -0.25) is 4.79 Å². The van der Waals surface area contributed by atoms with E-state index in [0.717, 1.165) is 18.8 Å². The van der Waals surface area contributed by atoms with E-state index in [4.69, 9.17) is 4.74 Å². The van der Waals surface area contributed by atoms with E-state index in [1.807, 2.05) is 0 Å². The van der Waals surface area contributed by atoms with E-state index >= 15 is 0 Å². The average Bonchev–Trinajstić information content (AvgIpc) is 2.58. The maximum Gasteiger partial charge on any atom is 0.305 e. The van der Waals surface area contributed by atoms with Crippen molar-refractivity contribution in [1.29, 1.82) is 0 Å². The van der Waals surface area contributed by atoms with Gasteiger partial charge in [0.25, 0.3) is 0 Å². The van der Waals surface area contributed by atoms with Crippen LogP contribution in [0, 0.1) is 5.92 Å². The molecule has 0 fully saturated rings. The molecule has 0 saturated carbocycles. The molecule has 0 aliphatic carbocycles. The van der Waals surface area contributed by atoms with E-state index in [1.54, 1.807) is 0 Å². The number of unbranched alkanes of at least 4 members (excludes halogenated alkanes) is 13. The Morgan fingerprint density at radius 3 is 1.72 bits per heavy atom. The average molecular weight is 355 g/mol. The molecule has 0 heterocycles. The fraction of sp³-hybridized carbons (Fsp3) is 0.957. The number of esters is 1. The third kappa shape index (κ3) is 21.4. The van der Waals surface area contributed by atoms with Crippen LogP contribution in [0.2, 0.25) is 0 Å². The molecular weight excluding hydrogens is 308 g/mol. The normalized spacial score (nSPS) is 11.2. The summed E-state index contributed by atoms with van der Waals surface area (Å²) < 4.78 is 5.33. The lowest BCUT2D eigenvalue weighted by molar-refractivity contribution is -0.143. The molecule has 25 heavy (non-hydrogen) atoms. The van der Waals surface area contributed by atoms with E-state index in [-0.39, 0.29) is 5.97 Å². The molecule has 2 nitrogen and oxygen atoms in total. The second kappa shape index (κ2) is 19.8. The molecule has 0 saturated heterocycles. The van der Waals surface area contributed by atoms with Crippen molar-refractivity contribution in [2.45, 2.75) is 130 Å². The Morgan fingerprint density at radius 1 is 0.680 bits per heavy atom. The zero-order chi connectivity index (χ0) is 18.6. The Morgan fingerprint density at radius 2 is 1.16 bits per heavy atom. The molecule has 0 amide bonds. The van der Waals surface area contributed by atoms with Gasteiger partial charge in [0.2, 0.25) is 0 Å². The van der Waals surface area contributed by atoms with E-state index in [2.05, 4.69) is 20.8 Å². The van der Waals surface area contributed by atoms with Gasteiger partial charge in [-0.05, 0) is 18.8 Å². The van der Waals surface area contributed by atoms with Crippen molar-refractivity contribution in [2.24, 2.45) is 5.92 Å². The van der Waals surface area contributed by atoms with Gasteiger partial charge in [-0.1, -0.05) is 111 Å². The molecule has 0 spiro atoms. The van der Waals surface area contributed by atoms with E-state index in [1.165, 1.54) is 89.9 Å². The molecule has 0 aliphatic heterocycles. The van der Waals surface area contributed by atoms with Crippen LogP contribution < -0.4 is 0 Å². The minimum Gasteiger partial charge on any atom is -0.466 e. The van der Waals surface area contributed by atoms with Crippen LogP contribution in [0.3, 0.4) is 0 Å². The lowest BCUT2D eigenvalue weighted by Crippen LogP contribution is -2.05. The minimum atomic E-state index is 0.0127. The van der Waals surface area contributed by atoms with Crippen LogP contribution in [0.1, 0.15) is 130 Å². The van der Waals surface area contributed by atoms with Gasteiger partial charge in [-0.25, -0.2) is 0 Å². The Kier molecular flexibility index (Phi) is 19.4. The molecule has 0 aromatic heterocycles. The number of hydrogen-bond donors (Lipinski definition) is 0. The maximum atomic E-state index is 11.6. The van der Waals surface area contributed by atoms with E-state index in [9.17, 15) is 4.79 Å². The molecule has 0 atom stereocenters. The van der Waals surface area contributed by atoms with Crippen molar-refractivity contribution in [3.63, 3.8) is 0 Å². The summed E-state index contributed by atoms with van der Waals surface area (Å²) in [5.74, 6) is 0.868. The van der Waals surface area contributed by atoms with Crippen molar-refractivity contribution >= 4 is 5.97 Å². The largest absolute Gasteiger partial charge is 0.466 e. The second-order valence-corrected chi connectivity index (χ2v) is 8.10. The van der Waals surface area contributed by atoms with E-state index in [0.29, 0.717) is 13.0 Å². The lowest BCUT2D eigenvalue weighted by Gasteiger charge is -2.06. The van der Waals surface area contributed by atoms with Crippen LogP contribution in [-0.4, -0.2) is 12.6 Å². The first kappa shape index (κ1) is 24.5. The fourth-order valence-corrected chi connectivity index (χ4v) is 3.20. The number of ether oxygens (including phenoxy) is 1. The SMILES string of the molecule is CCCCCCCCCC(=O)OCCCCCCCCCCC(C)C. The van der Waals surface area contributed by atoms with Gasteiger partial charge >= 0.3 is 5.97 Å². The summed E-state index contributed by atoms with van der Waals surface area (Å²) in [6.45, 7) is 7.48. The lowest BCUT2D eigenvalue weighted by atomic mass is 10.0. The zero-order valence-electron chi connectivity index (χ0n) is 17.6. The maximum absolute atomic E-state index is 11.6. The number of carbonyl (C=O) groups is 1. The topological polar surface area (TPSA) is 26.3 Å². The van der Waals surface area contributed by atoms with Crippen molar-refractivity contribution < 1.29 is 9.53 Å². The van der Waals surface area contributed by atoms with Crippen LogP contribution in [0.15, 0.2) is 0 Å². The number of hydrogen-bond acceptors (Lipinski definition) is 2. The van der Waals surface area contributed by atoms with Gasteiger partial charge in [0.05, 0.1) is 6.61 Å². The van der Waals surface area contributed by atoms with Gasteiger partial charge in [0.1, 0.15) is 0 Å². The predicted octanol–water partition coefficient (Wildman–Crippen LogP) is 7.84. The molecule has 0 aliphatic rings. The summed E-state index contributed by atoms with van der Waals surface area (Å²) in [5, 5.41) is 0. The molecular formula is C23H46O2. The third-order valence-electron chi connectivity index (χ3n) is 4.92. The first-order valence-electron chi connectivity index (χ1n) is 11.3. The van der Waals surface area contributed by atoms with E-state index < -0.39 is 0 Å². The summed E-state index contributed by atoms with van der Waals surface area (Å²) in [4.78, 5) is 11.6. The molecule has 0 rings (SSSR count). The molecule has 0 unspecified atom stereocenters. The Balaban J connectivity index is 3.14. The predicted molar refractivity (Wildman–Crippen MR) is 110 cm³/mol. The van der Waals surface area contributed by atoms with Gasteiger partial charge in [-0.2, -0.15) is 0 Å². The van der Waals surface area contributed by atoms with Crippen molar-refractivity contribution in [2.75, 3.05) is 6.61 Å². The first-order chi connectivity index (χ1) is 12.2. The summed E-state index contributed by atoms with van der Waals surface area (Å²) in [6, 6.07) is 0. The quantitative estimate of drug-likeness (QED) is 0.174. The second-order valence-electron chi connectivity index (χ2n) is 8.10. The van der Waals surface area contributed by atoms with Gasteiger partial charge in [0.15, 0.2) is 0 Å². The Hall–Kier alpha value is -0.530. The molecule has 0 aromatic carbocycles. The van der Waals surface area contributed by atoms with Crippen molar-refractivity contribution in [3.05, 3.63) is 0 Å². The molecule has 0 radical (unpaired) electrons. The standard InChI is InChI=1S/C23H46O2/c1-4-5-6-7-10-14-17-20-23(24)25-21-18-15-12-9-8-11-13-16-19-22(2)3/h22H,4-21H2,1-3H3. The first-order valence-corrected chi connectivity index (χ1v) is 11.3. The highest BCUT2D eigenvalue weighted by atomic mass is 16.5. The minimum absolute atomic E-state index is 0.0127. The van der Waals surface area contributed by atoms with Crippen LogP contribution in [-0.2, 0) is 9.53 Å². The Bertz CT molecular complexity index is 273. The summed E-state index contributed by atoms with van der Waals surface area (Å²) in [5.41, 5.74) is 0. The monoisotopic (exact) mass is 354 g/mol. The van der Waals surface area contributed by atoms with Crippen LogP contribution in [0.25, 0.3) is 0 Å². The van der Waals surface area contributed by atoms with Gasteiger partial charge < -0.3 is 4.74 Å². The third-order valence-corrected chi connectivity index (χ3v) is 4.92. The molecule has 0 aromatic rings. The Labute approximate surface area is 158 Å². The zero-order valence-corrected chi connectivity index (χ0v) is 17.6. The highest BCUT2D eigenvalue weighted by Crippen LogP contribution is 2.13.